The van der Waals surface area contributed by atoms with Crippen molar-refractivity contribution in [2.75, 3.05) is 13.1 Å². The number of hydrogen-bond donors (Lipinski definition) is 1. The van der Waals surface area contributed by atoms with Gasteiger partial charge in [0.2, 0.25) is 0 Å². The van der Waals surface area contributed by atoms with Crippen LogP contribution in [-0.4, -0.2) is 28.9 Å². The van der Waals surface area contributed by atoms with Gasteiger partial charge in [0.25, 0.3) is 0 Å². The molecule has 22 heavy (non-hydrogen) atoms. The summed E-state index contributed by atoms with van der Waals surface area (Å²) in [5.74, 6) is 1.46. The van der Waals surface area contributed by atoms with Crippen LogP contribution in [0.1, 0.15) is 24.8 Å². The first-order chi connectivity index (χ1) is 10.7. The second-order valence-corrected chi connectivity index (χ2v) is 6.78. The average Bonchev–Trinajstić information content (AvgIpc) is 3.03. The van der Waals surface area contributed by atoms with E-state index in [0.717, 1.165) is 35.3 Å². The topological polar surface area (TPSA) is 54.5 Å². The smallest absolute Gasteiger partial charge is 0.191 e. The molecule has 0 aliphatic carbocycles. The molecule has 3 rings (SSSR count). The normalized spacial score (nSPS) is 17.0. The molecular weight excluding hydrogens is 292 g/mol. The van der Waals surface area contributed by atoms with Crippen LogP contribution in [0, 0.1) is 5.92 Å². The Balaban J connectivity index is 1.62. The first-order valence-corrected chi connectivity index (χ1v) is 8.65. The zero-order chi connectivity index (χ0) is 15.4. The summed E-state index contributed by atoms with van der Waals surface area (Å²) >= 11 is 1.64. The van der Waals surface area contributed by atoms with Gasteiger partial charge >= 0.3 is 0 Å². The fourth-order valence-corrected chi connectivity index (χ4v) is 3.34. The Hall–Kier alpha value is -1.88. The molecule has 0 atom stereocenters. The van der Waals surface area contributed by atoms with Crippen LogP contribution < -0.4 is 5.73 Å². The lowest BCUT2D eigenvalue weighted by atomic mass is 10.00. The zero-order valence-corrected chi connectivity index (χ0v) is 13.7. The summed E-state index contributed by atoms with van der Waals surface area (Å²) in [4.78, 5) is 11.4. The van der Waals surface area contributed by atoms with Crippen LogP contribution in [0.25, 0.3) is 11.3 Å². The molecule has 2 heterocycles. The molecule has 1 fully saturated rings. The molecule has 2 aromatic rings. The SMILES string of the molecule is CC1CCN(C(N)=NCc2nc(-c3ccccc3)cs2)CC1. The van der Waals surface area contributed by atoms with Crippen molar-refractivity contribution in [2.45, 2.75) is 26.3 Å². The number of benzene rings is 1. The summed E-state index contributed by atoms with van der Waals surface area (Å²) in [5, 5.41) is 3.09. The van der Waals surface area contributed by atoms with E-state index in [0.29, 0.717) is 12.5 Å². The fraction of sp³-hybridized carbons (Fsp3) is 0.412. The standard InChI is InChI=1S/C17H22N4S/c1-13-7-9-21(10-8-13)17(18)19-11-16-20-15(12-22-16)14-5-3-2-4-6-14/h2-6,12-13H,7-11H2,1H3,(H2,18,19). The van der Waals surface area contributed by atoms with Gasteiger partial charge in [-0.1, -0.05) is 37.3 Å². The third kappa shape index (κ3) is 3.65. The Bertz CT molecular complexity index is 627. The lowest BCUT2D eigenvalue weighted by Gasteiger charge is -2.30. The van der Waals surface area contributed by atoms with Crippen LogP contribution in [0.5, 0.6) is 0 Å². The maximum absolute atomic E-state index is 6.11. The maximum atomic E-state index is 6.11. The maximum Gasteiger partial charge on any atom is 0.191 e. The van der Waals surface area contributed by atoms with Gasteiger partial charge in [-0.25, -0.2) is 9.98 Å². The van der Waals surface area contributed by atoms with Crippen molar-refractivity contribution in [1.29, 1.82) is 0 Å². The van der Waals surface area contributed by atoms with Gasteiger partial charge in [-0.2, -0.15) is 0 Å². The number of likely N-dealkylation sites (tertiary alicyclic amines) is 1. The van der Waals surface area contributed by atoms with Crippen LogP contribution in [0.15, 0.2) is 40.7 Å². The molecule has 0 radical (unpaired) electrons. The number of nitrogens with zero attached hydrogens (tertiary/aromatic N) is 3. The molecule has 0 unspecified atom stereocenters. The van der Waals surface area contributed by atoms with Gasteiger partial charge < -0.3 is 10.6 Å². The highest BCUT2D eigenvalue weighted by Gasteiger charge is 2.17. The van der Waals surface area contributed by atoms with Crippen molar-refractivity contribution in [3.63, 3.8) is 0 Å². The monoisotopic (exact) mass is 314 g/mol. The molecule has 116 valence electrons. The van der Waals surface area contributed by atoms with E-state index >= 15 is 0 Å². The average molecular weight is 314 g/mol. The van der Waals surface area contributed by atoms with Gasteiger partial charge in [-0.15, -0.1) is 11.3 Å². The highest BCUT2D eigenvalue weighted by Crippen LogP contribution is 2.22. The summed E-state index contributed by atoms with van der Waals surface area (Å²) < 4.78 is 0. The van der Waals surface area contributed by atoms with Crippen molar-refractivity contribution in [3.8, 4) is 11.3 Å². The number of thiazole rings is 1. The third-order valence-electron chi connectivity index (χ3n) is 4.11. The summed E-state index contributed by atoms with van der Waals surface area (Å²) in [7, 11) is 0. The highest BCUT2D eigenvalue weighted by molar-refractivity contribution is 7.09. The summed E-state index contributed by atoms with van der Waals surface area (Å²) in [6.45, 7) is 4.90. The number of aliphatic imine (C=N–C) groups is 1. The summed E-state index contributed by atoms with van der Waals surface area (Å²) in [6.07, 6.45) is 2.40. The lowest BCUT2D eigenvalue weighted by Crippen LogP contribution is -2.42. The lowest BCUT2D eigenvalue weighted by molar-refractivity contribution is 0.277. The van der Waals surface area contributed by atoms with Crippen molar-refractivity contribution in [3.05, 3.63) is 40.7 Å². The van der Waals surface area contributed by atoms with Crippen molar-refractivity contribution >= 4 is 17.3 Å². The molecule has 0 saturated carbocycles. The van der Waals surface area contributed by atoms with Gasteiger partial charge in [0.15, 0.2) is 5.96 Å². The van der Waals surface area contributed by atoms with E-state index in [2.05, 4.69) is 39.3 Å². The number of piperidine rings is 1. The second-order valence-electron chi connectivity index (χ2n) is 5.84. The van der Waals surface area contributed by atoms with Crippen molar-refractivity contribution in [1.82, 2.24) is 9.88 Å². The van der Waals surface area contributed by atoms with Crippen LogP contribution in [-0.2, 0) is 6.54 Å². The molecule has 2 N–H and O–H groups in total. The van der Waals surface area contributed by atoms with Crippen molar-refractivity contribution < 1.29 is 0 Å². The van der Waals surface area contributed by atoms with Gasteiger partial charge in [0.05, 0.1) is 12.2 Å². The molecule has 1 saturated heterocycles. The zero-order valence-electron chi connectivity index (χ0n) is 12.9. The molecule has 0 amide bonds. The number of nitrogens with two attached hydrogens (primary N) is 1. The molecule has 0 spiro atoms. The highest BCUT2D eigenvalue weighted by atomic mass is 32.1. The van der Waals surface area contributed by atoms with Crippen LogP contribution in [0.2, 0.25) is 0 Å². The predicted molar refractivity (Wildman–Crippen MR) is 92.8 cm³/mol. The van der Waals surface area contributed by atoms with Gasteiger partial charge in [0.1, 0.15) is 5.01 Å². The van der Waals surface area contributed by atoms with Gasteiger partial charge in [-0.3, -0.25) is 0 Å². The first kappa shape index (κ1) is 15.0. The van der Waals surface area contributed by atoms with E-state index in [4.69, 9.17) is 5.73 Å². The second kappa shape index (κ2) is 6.92. The Labute approximate surface area is 135 Å². The molecular formula is C17H22N4S. The van der Waals surface area contributed by atoms with Crippen LogP contribution in [0.3, 0.4) is 0 Å². The van der Waals surface area contributed by atoms with E-state index in [1.807, 2.05) is 18.2 Å². The minimum atomic E-state index is 0.565. The Morgan fingerprint density at radius 1 is 1.32 bits per heavy atom. The molecule has 1 aliphatic rings. The number of aromatic nitrogens is 1. The van der Waals surface area contributed by atoms with Crippen LogP contribution in [0.4, 0.5) is 0 Å². The molecule has 1 aromatic heterocycles. The molecule has 0 bridgehead atoms. The molecule has 1 aliphatic heterocycles. The van der Waals surface area contributed by atoms with E-state index in [1.165, 1.54) is 12.8 Å². The first-order valence-electron chi connectivity index (χ1n) is 7.77. The van der Waals surface area contributed by atoms with Crippen molar-refractivity contribution in [2.24, 2.45) is 16.6 Å². The summed E-state index contributed by atoms with van der Waals surface area (Å²) in [6, 6.07) is 10.2. The van der Waals surface area contributed by atoms with Crippen LogP contribution >= 0.6 is 11.3 Å². The van der Waals surface area contributed by atoms with E-state index in [9.17, 15) is 0 Å². The number of hydrogen-bond acceptors (Lipinski definition) is 3. The third-order valence-corrected chi connectivity index (χ3v) is 4.94. The van der Waals surface area contributed by atoms with E-state index in [-0.39, 0.29) is 0 Å². The van der Waals surface area contributed by atoms with Gasteiger partial charge in [0, 0.05) is 24.0 Å². The summed E-state index contributed by atoms with van der Waals surface area (Å²) in [5.41, 5.74) is 8.27. The Morgan fingerprint density at radius 2 is 2.05 bits per heavy atom. The quantitative estimate of drug-likeness (QED) is 0.698. The molecule has 5 heteroatoms. The Morgan fingerprint density at radius 3 is 2.77 bits per heavy atom. The predicted octanol–water partition coefficient (Wildman–Crippen LogP) is 3.36. The molecule has 4 nitrogen and oxygen atoms in total. The minimum Gasteiger partial charge on any atom is -0.370 e. The molecule has 1 aromatic carbocycles. The Kier molecular flexibility index (Phi) is 4.73. The van der Waals surface area contributed by atoms with E-state index < -0.39 is 0 Å². The largest absolute Gasteiger partial charge is 0.370 e. The number of guanidine groups is 1. The number of rotatable bonds is 3. The minimum absolute atomic E-state index is 0.565. The van der Waals surface area contributed by atoms with Gasteiger partial charge in [-0.05, 0) is 18.8 Å². The fourth-order valence-electron chi connectivity index (χ4n) is 2.61. The van der Waals surface area contributed by atoms with E-state index in [1.54, 1.807) is 11.3 Å².